The van der Waals surface area contributed by atoms with Gasteiger partial charge < -0.3 is 20.6 Å². The highest BCUT2D eigenvalue weighted by molar-refractivity contribution is 5.86. The second-order valence-electron chi connectivity index (χ2n) is 4.45. The van der Waals surface area contributed by atoms with Gasteiger partial charge in [-0.2, -0.15) is 0 Å². The molecule has 106 valence electrons. The Hall–Kier alpha value is -2.57. The van der Waals surface area contributed by atoms with E-state index in [4.69, 9.17) is 5.11 Å². The number of amides is 3. The van der Waals surface area contributed by atoms with Crippen molar-refractivity contribution in [3.05, 3.63) is 35.4 Å². The predicted molar refractivity (Wildman–Crippen MR) is 69.7 cm³/mol. The molecule has 0 bridgehead atoms. The number of nitrogens with one attached hydrogen (secondary N) is 2. The number of benzene rings is 1. The maximum Gasteiger partial charge on any atom is 0.322 e. The minimum atomic E-state index is -1.13. The van der Waals surface area contributed by atoms with Gasteiger partial charge in [-0.1, -0.05) is 24.3 Å². The molecule has 3 N–H and O–H groups in total. The zero-order valence-electron chi connectivity index (χ0n) is 10.8. The molecule has 0 aliphatic carbocycles. The number of rotatable bonds is 4. The van der Waals surface area contributed by atoms with E-state index < -0.39 is 18.4 Å². The van der Waals surface area contributed by atoms with Gasteiger partial charge in [0, 0.05) is 13.1 Å². The number of aliphatic carboxylic acids is 1. The molecule has 1 aliphatic heterocycles. The minimum absolute atomic E-state index is 0.237. The van der Waals surface area contributed by atoms with Crippen molar-refractivity contribution in [2.75, 3.05) is 13.1 Å². The Bertz CT molecular complexity index is 519. The van der Waals surface area contributed by atoms with Crippen LogP contribution in [0.4, 0.5) is 4.79 Å². The lowest BCUT2D eigenvalue weighted by Crippen LogP contribution is -2.43. The molecule has 3 amide bonds. The minimum Gasteiger partial charge on any atom is -0.480 e. The summed E-state index contributed by atoms with van der Waals surface area (Å²) in [5.41, 5.74) is 2.19. The van der Waals surface area contributed by atoms with Gasteiger partial charge in [0.25, 0.3) is 0 Å². The van der Waals surface area contributed by atoms with Crippen LogP contribution in [-0.4, -0.2) is 41.0 Å². The number of urea groups is 1. The van der Waals surface area contributed by atoms with Crippen LogP contribution in [0.25, 0.3) is 0 Å². The number of carbonyl (C=O) groups is 3. The Labute approximate surface area is 115 Å². The first-order chi connectivity index (χ1) is 9.56. The third-order valence-corrected chi connectivity index (χ3v) is 2.96. The van der Waals surface area contributed by atoms with Crippen molar-refractivity contribution in [2.24, 2.45) is 0 Å². The molecule has 0 saturated carbocycles. The lowest BCUT2D eigenvalue weighted by molar-refractivity contribution is -0.137. The van der Waals surface area contributed by atoms with Gasteiger partial charge in [0.15, 0.2) is 0 Å². The summed E-state index contributed by atoms with van der Waals surface area (Å²) in [6.45, 7) is 0.334. The zero-order valence-corrected chi connectivity index (χ0v) is 10.8. The quantitative estimate of drug-likeness (QED) is 0.716. The van der Waals surface area contributed by atoms with Gasteiger partial charge in [-0.25, -0.2) is 4.79 Å². The van der Waals surface area contributed by atoms with Crippen LogP contribution >= 0.6 is 0 Å². The maximum atomic E-state index is 11.9. The lowest BCUT2D eigenvalue weighted by atomic mass is 10.1. The van der Waals surface area contributed by atoms with Crippen molar-refractivity contribution in [2.45, 2.75) is 13.1 Å². The van der Waals surface area contributed by atoms with E-state index in [1.54, 1.807) is 4.90 Å². The fourth-order valence-corrected chi connectivity index (χ4v) is 1.98. The molecule has 1 aromatic carbocycles. The Kier molecular flexibility index (Phi) is 4.19. The highest BCUT2D eigenvalue weighted by atomic mass is 16.4. The summed E-state index contributed by atoms with van der Waals surface area (Å²) in [5.74, 6) is -1.66. The normalized spacial score (nSPS) is 12.7. The van der Waals surface area contributed by atoms with Crippen LogP contribution in [0.5, 0.6) is 0 Å². The zero-order chi connectivity index (χ0) is 14.5. The van der Waals surface area contributed by atoms with Crippen LogP contribution in [0.1, 0.15) is 11.1 Å². The summed E-state index contributed by atoms with van der Waals surface area (Å²) in [7, 11) is 0. The SMILES string of the molecule is O=C(O)CNC(=O)CNC(=O)N1Cc2ccccc2C1. The second-order valence-corrected chi connectivity index (χ2v) is 4.45. The molecule has 0 aromatic heterocycles. The van der Waals surface area contributed by atoms with Crippen LogP contribution < -0.4 is 10.6 Å². The third kappa shape index (κ3) is 3.47. The monoisotopic (exact) mass is 277 g/mol. The molecule has 2 rings (SSSR count). The second kappa shape index (κ2) is 6.05. The summed E-state index contributed by atoms with van der Waals surface area (Å²) < 4.78 is 0. The smallest absolute Gasteiger partial charge is 0.322 e. The molecule has 0 saturated heterocycles. The largest absolute Gasteiger partial charge is 0.480 e. The van der Waals surface area contributed by atoms with Crippen LogP contribution in [0, 0.1) is 0 Å². The van der Waals surface area contributed by atoms with Crippen LogP contribution in [0.15, 0.2) is 24.3 Å². The molecule has 0 spiro atoms. The van der Waals surface area contributed by atoms with Crippen molar-refractivity contribution in [1.82, 2.24) is 15.5 Å². The highest BCUT2D eigenvalue weighted by Crippen LogP contribution is 2.21. The average Bonchev–Trinajstić information content (AvgIpc) is 2.86. The summed E-state index contributed by atoms with van der Waals surface area (Å²) >= 11 is 0. The molecule has 1 aliphatic rings. The molecule has 20 heavy (non-hydrogen) atoms. The first-order valence-corrected chi connectivity index (χ1v) is 6.14. The van der Waals surface area contributed by atoms with E-state index >= 15 is 0 Å². The molecular formula is C13H15N3O4. The third-order valence-electron chi connectivity index (χ3n) is 2.96. The van der Waals surface area contributed by atoms with Gasteiger partial charge >= 0.3 is 12.0 Å². The Balaban J connectivity index is 1.77. The fourth-order valence-electron chi connectivity index (χ4n) is 1.98. The number of hydrogen-bond acceptors (Lipinski definition) is 3. The van der Waals surface area contributed by atoms with E-state index in [0.29, 0.717) is 13.1 Å². The number of fused-ring (bicyclic) bond motifs is 1. The topological polar surface area (TPSA) is 98.7 Å². The average molecular weight is 277 g/mol. The standard InChI is InChI=1S/C13H15N3O4/c17-11(14-6-12(18)19)5-15-13(20)16-7-9-3-1-2-4-10(9)8-16/h1-4H,5-8H2,(H,14,17)(H,15,20)(H,18,19). The summed E-state index contributed by atoms with van der Waals surface area (Å²) in [5, 5.41) is 13.0. The Morgan fingerprint density at radius 1 is 1.05 bits per heavy atom. The predicted octanol–water partition coefficient (Wildman–Crippen LogP) is -0.0874. The molecule has 1 heterocycles. The Morgan fingerprint density at radius 3 is 2.20 bits per heavy atom. The number of nitrogens with zero attached hydrogens (tertiary/aromatic N) is 1. The van der Waals surface area contributed by atoms with Crippen LogP contribution in [-0.2, 0) is 22.7 Å². The molecule has 0 unspecified atom stereocenters. The summed E-state index contributed by atoms with van der Waals surface area (Å²) in [6, 6.07) is 7.41. The van der Waals surface area contributed by atoms with E-state index in [9.17, 15) is 14.4 Å². The van der Waals surface area contributed by atoms with E-state index in [-0.39, 0.29) is 12.6 Å². The van der Waals surface area contributed by atoms with Crippen molar-refractivity contribution in [1.29, 1.82) is 0 Å². The molecule has 7 nitrogen and oxygen atoms in total. The number of hydrogen-bond donors (Lipinski definition) is 3. The van der Waals surface area contributed by atoms with E-state index in [1.165, 1.54) is 0 Å². The Morgan fingerprint density at radius 2 is 1.65 bits per heavy atom. The fraction of sp³-hybridized carbons (Fsp3) is 0.308. The molecule has 0 fully saturated rings. The number of carbonyl (C=O) groups excluding carboxylic acids is 2. The van der Waals surface area contributed by atoms with E-state index in [0.717, 1.165) is 11.1 Å². The van der Waals surface area contributed by atoms with Crippen molar-refractivity contribution >= 4 is 17.9 Å². The molecule has 0 radical (unpaired) electrons. The summed E-state index contributed by atoms with van der Waals surface area (Å²) in [4.78, 5) is 35.0. The molecule has 7 heteroatoms. The van der Waals surface area contributed by atoms with E-state index in [1.807, 2.05) is 24.3 Å². The van der Waals surface area contributed by atoms with Gasteiger partial charge in [0.1, 0.15) is 6.54 Å². The van der Waals surface area contributed by atoms with Gasteiger partial charge in [-0.15, -0.1) is 0 Å². The van der Waals surface area contributed by atoms with Crippen LogP contribution in [0.2, 0.25) is 0 Å². The number of carboxylic acids is 1. The number of carboxylic acid groups (broad SMARTS) is 1. The van der Waals surface area contributed by atoms with Gasteiger partial charge in [-0.05, 0) is 11.1 Å². The first-order valence-electron chi connectivity index (χ1n) is 6.14. The molecule has 0 atom stereocenters. The van der Waals surface area contributed by atoms with Gasteiger partial charge in [0.05, 0.1) is 6.54 Å². The van der Waals surface area contributed by atoms with Gasteiger partial charge in [-0.3, -0.25) is 9.59 Å². The highest BCUT2D eigenvalue weighted by Gasteiger charge is 2.22. The van der Waals surface area contributed by atoms with Crippen LogP contribution in [0.3, 0.4) is 0 Å². The summed E-state index contributed by atoms with van der Waals surface area (Å²) in [6.07, 6.45) is 0. The van der Waals surface area contributed by atoms with Gasteiger partial charge in [0.2, 0.25) is 5.91 Å². The van der Waals surface area contributed by atoms with Crippen molar-refractivity contribution in [3.63, 3.8) is 0 Å². The lowest BCUT2D eigenvalue weighted by Gasteiger charge is -2.16. The molecule has 1 aromatic rings. The molecular weight excluding hydrogens is 262 g/mol. The first kappa shape index (κ1) is 13.9. The van der Waals surface area contributed by atoms with E-state index in [2.05, 4.69) is 10.6 Å². The van der Waals surface area contributed by atoms with Crippen molar-refractivity contribution in [3.8, 4) is 0 Å². The maximum absolute atomic E-state index is 11.9. The van der Waals surface area contributed by atoms with Crippen molar-refractivity contribution < 1.29 is 19.5 Å².